The van der Waals surface area contributed by atoms with E-state index in [1.165, 1.54) is 30.2 Å². The number of rotatable bonds is 4. The molecule has 0 saturated carbocycles. The Kier molecular flexibility index (Phi) is 4.72. The highest BCUT2D eigenvalue weighted by molar-refractivity contribution is 5.71. The number of alkyl halides is 3. The van der Waals surface area contributed by atoms with Gasteiger partial charge in [-0.1, -0.05) is 18.2 Å². The molecule has 0 saturated heterocycles. The van der Waals surface area contributed by atoms with Crippen LogP contribution in [-0.4, -0.2) is 31.6 Å². The highest BCUT2D eigenvalue weighted by Gasteiger charge is 2.33. The standard InChI is InChI=1S/C12H14F3NO2/c1-16(8-11(17)18-2)7-9-5-3-4-6-10(9)12(13,14)15/h3-6H,7-8H2,1-2H3. The number of likely N-dealkylation sites (N-methyl/N-ethyl adjacent to an activating group) is 1. The number of hydrogen-bond acceptors (Lipinski definition) is 3. The summed E-state index contributed by atoms with van der Waals surface area (Å²) in [5, 5.41) is 0. The maximum absolute atomic E-state index is 12.7. The number of esters is 1. The van der Waals surface area contributed by atoms with Gasteiger partial charge in [0.05, 0.1) is 19.2 Å². The van der Waals surface area contributed by atoms with Crippen LogP contribution in [0.15, 0.2) is 24.3 Å². The number of hydrogen-bond donors (Lipinski definition) is 0. The SMILES string of the molecule is COC(=O)CN(C)Cc1ccccc1C(F)(F)F. The first-order chi connectivity index (χ1) is 8.34. The molecule has 0 amide bonds. The highest BCUT2D eigenvalue weighted by atomic mass is 19.4. The summed E-state index contributed by atoms with van der Waals surface area (Å²) >= 11 is 0. The van der Waals surface area contributed by atoms with E-state index < -0.39 is 17.7 Å². The molecule has 100 valence electrons. The molecule has 0 aliphatic rings. The fraction of sp³-hybridized carbons (Fsp3) is 0.417. The molecule has 6 heteroatoms. The number of carbonyl (C=O) groups is 1. The van der Waals surface area contributed by atoms with Crippen LogP contribution in [0.2, 0.25) is 0 Å². The van der Waals surface area contributed by atoms with Crippen LogP contribution in [0.25, 0.3) is 0 Å². The molecular weight excluding hydrogens is 247 g/mol. The van der Waals surface area contributed by atoms with Crippen molar-refractivity contribution in [2.75, 3.05) is 20.7 Å². The van der Waals surface area contributed by atoms with Crippen molar-refractivity contribution in [1.82, 2.24) is 4.90 Å². The Bertz CT molecular complexity index is 418. The van der Waals surface area contributed by atoms with Crippen molar-refractivity contribution in [2.24, 2.45) is 0 Å². The third-order valence-electron chi connectivity index (χ3n) is 2.39. The lowest BCUT2D eigenvalue weighted by Crippen LogP contribution is -2.27. The maximum atomic E-state index is 12.7. The molecule has 0 N–H and O–H groups in total. The lowest BCUT2D eigenvalue weighted by molar-refractivity contribution is -0.141. The molecule has 0 bridgehead atoms. The van der Waals surface area contributed by atoms with Crippen LogP contribution >= 0.6 is 0 Å². The van der Waals surface area contributed by atoms with E-state index >= 15 is 0 Å². The topological polar surface area (TPSA) is 29.5 Å². The maximum Gasteiger partial charge on any atom is 0.416 e. The minimum absolute atomic E-state index is 0.0325. The normalized spacial score (nSPS) is 11.7. The lowest BCUT2D eigenvalue weighted by atomic mass is 10.1. The number of methoxy groups -OCH3 is 1. The van der Waals surface area contributed by atoms with Gasteiger partial charge in [0.1, 0.15) is 0 Å². The second kappa shape index (κ2) is 5.86. The number of benzene rings is 1. The molecule has 0 aromatic heterocycles. The van der Waals surface area contributed by atoms with Crippen LogP contribution in [0.5, 0.6) is 0 Å². The van der Waals surface area contributed by atoms with Gasteiger partial charge >= 0.3 is 12.1 Å². The molecule has 0 spiro atoms. The Balaban J connectivity index is 2.81. The van der Waals surface area contributed by atoms with E-state index in [4.69, 9.17) is 0 Å². The molecule has 18 heavy (non-hydrogen) atoms. The van der Waals surface area contributed by atoms with E-state index in [2.05, 4.69) is 4.74 Å². The summed E-state index contributed by atoms with van der Waals surface area (Å²) in [6.45, 7) is -0.0204. The van der Waals surface area contributed by atoms with E-state index in [0.29, 0.717) is 0 Å². The Morgan fingerprint density at radius 3 is 2.50 bits per heavy atom. The predicted octanol–water partition coefficient (Wildman–Crippen LogP) is 2.31. The second-order valence-corrected chi connectivity index (χ2v) is 3.90. The van der Waals surface area contributed by atoms with E-state index in [-0.39, 0.29) is 18.7 Å². The molecule has 0 fully saturated rings. The van der Waals surface area contributed by atoms with E-state index in [1.807, 2.05) is 0 Å². The van der Waals surface area contributed by atoms with Crippen molar-refractivity contribution in [1.29, 1.82) is 0 Å². The minimum atomic E-state index is -4.39. The van der Waals surface area contributed by atoms with Crippen molar-refractivity contribution in [3.8, 4) is 0 Å². The lowest BCUT2D eigenvalue weighted by Gasteiger charge is -2.18. The monoisotopic (exact) mass is 261 g/mol. The molecule has 0 radical (unpaired) electrons. The van der Waals surface area contributed by atoms with Gasteiger partial charge in [0.15, 0.2) is 0 Å². The van der Waals surface area contributed by atoms with Crippen LogP contribution in [-0.2, 0) is 22.3 Å². The van der Waals surface area contributed by atoms with Crippen LogP contribution in [0.4, 0.5) is 13.2 Å². The van der Waals surface area contributed by atoms with Gasteiger partial charge in [-0.05, 0) is 18.7 Å². The van der Waals surface area contributed by atoms with Crippen LogP contribution in [0.1, 0.15) is 11.1 Å². The highest BCUT2D eigenvalue weighted by Crippen LogP contribution is 2.32. The van der Waals surface area contributed by atoms with Crippen molar-refractivity contribution in [3.05, 3.63) is 35.4 Å². The summed E-state index contributed by atoms with van der Waals surface area (Å²) < 4.78 is 42.6. The first-order valence-electron chi connectivity index (χ1n) is 5.25. The fourth-order valence-corrected chi connectivity index (χ4v) is 1.57. The van der Waals surface area contributed by atoms with E-state index in [0.717, 1.165) is 6.07 Å². The first kappa shape index (κ1) is 14.5. The summed E-state index contributed by atoms with van der Waals surface area (Å²) in [7, 11) is 2.80. The Hall–Kier alpha value is -1.56. The molecule has 0 heterocycles. The van der Waals surface area contributed by atoms with Crippen molar-refractivity contribution < 1.29 is 22.7 Å². The summed E-state index contributed by atoms with van der Waals surface area (Å²) in [6.07, 6.45) is -4.39. The van der Waals surface area contributed by atoms with Gasteiger partial charge in [-0.25, -0.2) is 0 Å². The Labute approximate surface area is 103 Å². The van der Waals surface area contributed by atoms with Gasteiger partial charge in [-0.15, -0.1) is 0 Å². The van der Waals surface area contributed by atoms with Crippen LogP contribution < -0.4 is 0 Å². The fourth-order valence-electron chi connectivity index (χ4n) is 1.57. The molecule has 0 aliphatic heterocycles. The summed E-state index contributed by atoms with van der Waals surface area (Å²) in [5.41, 5.74) is -0.543. The molecule has 0 unspecified atom stereocenters. The van der Waals surface area contributed by atoms with Crippen molar-refractivity contribution >= 4 is 5.97 Å². The quantitative estimate of drug-likeness (QED) is 0.779. The summed E-state index contributed by atoms with van der Waals surface area (Å²) in [4.78, 5) is 12.5. The van der Waals surface area contributed by atoms with Crippen molar-refractivity contribution in [2.45, 2.75) is 12.7 Å². The van der Waals surface area contributed by atoms with Crippen LogP contribution in [0.3, 0.4) is 0 Å². The van der Waals surface area contributed by atoms with Gasteiger partial charge in [-0.3, -0.25) is 9.69 Å². The average molecular weight is 261 g/mol. The third-order valence-corrected chi connectivity index (χ3v) is 2.39. The zero-order chi connectivity index (χ0) is 13.8. The number of halogens is 3. The van der Waals surface area contributed by atoms with Gasteiger partial charge in [0, 0.05) is 6.54 Å². The third kappa shape index (κ3) is 4.03. The predicted molar refractivity (Wildman–Crippen MR) is 59.8 cm³/mol. The van der Waals surface area contributed by atoms with E-state index in [9.17, 15) is 18.0 Å². The van der Waals surface area contributed by atoms with E-state index in [1.54, 1.807) is 7.05 Å². The smallest absolute Gasteiger partial charge is 0.416 e. The number of ether oxygens (including phenoxy) is 1. The Morgan fingerprint density at radius 2 is 1.94 bits per heavy atom. The molecule has 0 atom stereocenters. The molecule has 1 aromatic rings. The minimum Gasteiger partial charge on any atom is -0.468 e. The molecule has 1 aromatic carbocycles. The molecule has 1 rings (SSSR count). The van der Waals surface area contributed by atoms with Gasteiger partial charge < -0.3 is 4.74 Å². The zero-order valence-electron chi connectivity index (χ0n) is 10.1. The molecule has 3 nitrogen and oxygen atoms in total. The van der Waals surface area contributed by atoms with Gasteiger partial charge in [0.25, 0.3) is 0 Å². The summed E-state index contributed by atoms with van der Waals surface area (Å²) in [6, 6.07) is 5.31. The average Bonchev–Trinajstić information content (AvgIpc) is 2.27. The zero-order valence-corrected chi connectivity index (χ0v) is 10.1. The van der Waals surface area contributed by atoms with Crippen molar-refractivity contribution in [3.63, 3.8) is 0 Å². The summed E-state index contributed by atoms with van der Waals surface area (Å²) in [5.74, 6) is -0.484. The number of nitrogens with zero attached hydrogens (tertiary/aromatic N) is 1. The largest absolute Gasteiger partial charge is 0.468 e. The first-order valence-corrected chi connectivity index (χ1v) is 5.25. The number of carbonyl (C=O) groups excluding carboxylic acids is 1. The molecular formula is C12H14F3NO2. The Morgan fingerprint density at radius 1 is 1.33 bits per heavy atom. The van der Waals surface area contributed by atoms with Gasteiger partial charge in [0.2, 0.25) is 0 Å². The molecule has 0 aliphatic carbocycles. The van der Waals surface area contributed by atoms with Crippen LogP contribution in [0, 0.1) is 0 Å². The second-order valence-electron chi connectivity index (χ2n) is 3.90. The van der Waals surface area contributed by atoms with Gasteiger partial charge in [-0.2, -0.15) is 13.2 Å².